The smallest absolute Gasteiger partial charge is 0.228 e. The van der Waals surface area contributed by atoms with Gasteiger partial charge >= 0.3 is 0 Å². The minimum Gasteiger partial charge on any atom is -0.296 e. The summed E-state index contributed by atoms with van der Waals surface area (Å²) in [6.45, 7) is 2.11. The standard InChI is InChI=1S/C11H14ClN3O3S/c1-7-2-3-9(14-11(7)12)15-5-8(4-10(15)16)6-19(13,17)18/h2-3,8H,4-6H2,1H3,(H2,13,17,18). The van der Waals surface area contributed by atoms with E-state index in [9.17, 15) is 13.2 Å². The quantitative estimate of drug-likeness (QED) is 0.831. The Morgan fingerprint density at radius 1 is 1.53 bits per heavy atom. The van der Waals surface area contributed by atoms with Crippen LogP contribution in [0.1, 0.15) is 12.0 Å². The number of pyridine rings is 1. The number of hydrogen-bond donors (Lipinski definition) is 1. The zero-order valence-corrected chi connectivity index (χ0v) is 11.9. The van der Waals surface area contributed by atoms with Crippen LogP contribution in [0.25, 0.3) is 0 Å². The van der Waals surface area contributed by atoms with E-state index in [0.717, 1.165) is 5.56 Å². The Kier molecular flexibility index (Phi) is 3.80. The van der Waals surface area contributed by atoms with Crippen LogP contribution in [0.4, 0.5) is 5.82 Å². The highest BCUT2D eigenvalue weighted by atomic mass is 35.5. The minimum atomic E-state index is -3.58. The maximum atomic E-state index is 11.9. The summed E-state index contributed by atoms with van der Waals surface area (Å²) in [7, 11) is -3.58. The van der Waals surface area contributed by atoms with Crippen molar-refractivity contribution in [2.24, 2.45) is 11.1 Å². The van der Waals surface area contributed by atoms with E-state index in [1.54, 1.807) is 12.1 Å². The molecule has 1 amide bonds. The van der Waals surface area contributed by atoms with Gasteiger partial charge in [-0.15, -0.1) is 0 Å². The van der Waals surface area contributed by atoms with Crippen molar-refractivity contribution < 1.29 is 13.2 Å². The van der Waals surface area contributed by atoms with Crippen LogP contribution in [0.3, 0.4) is 0 Å². The zero-order valence-electron chi connectivity index (χ0n) is 10.3. The Bertz CT molecular complexity index is 618. The number of carbonyl (C=O) groups is 1. The predicted octanol–water partition coefficient (Wildman–Crippen LogP) is 0.685. The van der Waals surface area contributed by atoms with E-state index in [4.69, 9.17) is 16.7 Å². The second-order valence-corrected chi connectivity index (χ2v) is 6.70. The second kappa shape index (κ2) is 5.07. The van der Waals surface area contributed by atoms with Crippen molar-refractivity contribution in [1.82, 2.24) is 4.98 Å². The maximum Gasteiger partial charge on any atom is 0.228 e. The molecule has 1 unspecified atom stereocenters. The molecule has 0 aliphatic carbocycles. The van der Waals surface area contributed by atoms with Crippen LogP contribution in [0.15, 0.2) is 12.1 Å². The van der Waals surface area contributed by atoms with Gasteiger partial charge in [0.15, 0.2) is 0 Å². The molecule has 2 heterocycles. The summed E-state index contributed by atoms with van der Waals surface area (Å²) in [6.07, 6.45) is 0.156. The Labute approximate surface area is 116 Å². The molecule has 0 spiro atoms. The minimum absolute atomic E-state index is 0.156. The molecule has 0 aromatic carbocycles. The van der Waals surface area contributed by atoms with Crippen LogP contribution in [0, 0.1) is 12.8 Å². The average molecular weight is 304 g/mol. The number of aryl methyl sites for hydroxylation is 1. The molecule has 1 aromatic rings. The maximum absolute atomic E-state index is 11.9. The lowest BCUT2D eigenvalue weighted by Gasteiger charge is -2.16. The molecule has 1 aromatic heterocycles. The summed E-state index contributed by atoms with van der Waals surface area (Å²) in [5.74, 6) is -0.225. The SMILES string of the molecule is Cc1ccc(N2CC(CS(N)(=O)=O)CC2=O)nc1Cl. The third-order valence-corrected chi connectivity index (χ3v) is 4.29. The number of primary sulfonamides is 1. The van der Waals surface area contributed by atoms with E-state index >= 15 is 0 Å². The zero-order chi connectivity index (χ0) is 14.2. The summed E-state index contributed by atoms with van der Waals surface area (Å²) in [6, 6.07) is 3.46. The lowest BCUT2D eigenvalue weighted by molar-refractivity contribution is -0.117. The van der Waals surface area contributed by atoms with Gasteiger partial charge in [-0.05, 0) is 18.6 Å². The number of carbonyl (C=O) groups excluding carboxylic acids is 1. The number of anilines is 1. The van der Waals surface area contributed by atoms with Crippen LogP contribution < -0.4 is 10.0 Å². The summed E-state index contributed by atoms with van der Waals surface area (Å²) in [5.41, 5.74) is 0.818. The summed E-state index contributed by atoms with van der Waals surface area (Å²) in [4.78, 5) is 17.4. The normalized spacial score (nSPS) is 20.1. The van der Waals surface area contributed by atoms with E-state index < -0.39 is 10.0 Å². The highest BCUT2D eigenvalue weighted by Crippen LogP contribution is 2.26. The molecule has 0 radical (unpaired) electrons. The largest absolute Gasteiger partial charge is 0.296 e. The van der Waals surface area contributed by atoms with Gasteiger partial charge in [0.2, 0.25) is 15.9 Å². The molecule has 2 rings (SSSR count). The first kappa shape index (κ1) is 14.2. The third-order valence-electron chi connectivity index (χ3n) is 2.97. The van der Waals surface area contributed by atoms with Crippen molar-refractivity contribution in [1.29, 1.82) is 0 Å². The van der Waals surface area contributed by atoms with E-state index in [2.05, 4.69) is 4.98 Å². The lowest BCUT2D eigenvalue weighted by atomic mass is 10.1. The fourth-order valence-electron chi connectivity index (χ4n) is 2.09. The molecule has 19 heavy (non-hydrogen) atoms. The molecule has 1 aliphatic rings. The molecule has 0 saturated carbocycles. The van der Waals surface area contributed by atoms with Gasteiger partial charge in [0.1, 0.15) is 11.0 Å². The second-order valence-electron chi connectivity index (χ2n) is 4.68. The first-order valence-electron chi connectivity index (χ1n) is 5.70. The molecule has 2 N–H and O–H groups in total. The van der Waals surface area contributed by atoms with Crippen molar-refractivity contribution >= 4 is 33.3 Å². The number of hydrogen-bond acceptors (Lipinski definition) is 4. The van der Waals surface area contributed by atoms with E-state index in [1.165, 1.54) is 4.90 Å². The summed E-state index contributed by atoms with van der Waals surface area (Å²) < 4.78 is 22.1. The number of nitrogens with zero attached hydrogens (tertiary/aromatic N) is 2. The topological polar surface area (TPSA) is 93.4 Å². The van der Waals surface area contributed by atoms with Crippen molar-refractivity contribution in [3.63, 3.8) is 0 Å². The van der Waals surface area contributed by atoms with Crippen molar-refractivity contribution in [3.05, 3.63) is 22.8 Å². The van der Waals surface area contributed by atoms with Crippen molar-refractivity contribution in [2.45, 2.75) is 13.3 Å². The Hall–Kier alpha value is -1.18. The molecule has 1 atom stereocenters. The van der Waals surface area contributed by atoms with Crippen LogP contribution in [0.2, 0.25) is 5.15 Å². The van der Waals surface area contributed by atoms with Crippen molar-refractivity contribution in [2.75, 3.05) is 17.2 Å². The molecule has 8 heteroatoms. The monoisotopic (exact) mass is 303 g/mol. The first-order chi connectivity index (χ1) is 8.76. The number of amides is 1. The molecule has 6 nitrogen and oxygen atoms in total. The number of halogens is 1. The van der Waals surface area contributed by atoms with Gasteiger partial charge in [0.25, 0.3) is 0 Å². The molecule has 104 valence electrons. The molecule has 1 saturated heterocycles. The molecule has 1 fully saturated rings. The van der Waals surface area contributed by atoms with Gasteiger partial charge < -0.3 is 0 Å². The third kappa shape index (κ3) is 3.43. The number of sulfonamides is 1. The van der Waals surface area contributed by atoms with Gasteiger partial charge in [-0.1, -0.05) is 17.7 Å². The number of aromatic nitrogens is 1. The molecular weight excluding hydrogens is 290 g/mol. The highest BCUT2D eigenvalue weighted by molar-refractivity contribution is 7.89. The van der Waals surface area contributed by atoms with Crippen LogP contribution in [0.5, 0.6) is 0 Å². The van der Waals surface area contributed by atoms with Crippen LogP contribution >= 0.6 is 11.6 Å². The van der Waals surface area contributed by atoms with Gasteiger partial charge in [-0.25, -0.2) is 18.5 Å². The molecule has 0 bridgehead atoms. The number of rotatable bonds is 3. The molecular formula is C11H14ClN3O3S. The first-order valence-corrected chi connectivity index (χ1v) is 7.79. The van der Waals surface area contributed by atoms with Gasteiger partial charge in [0, 0.05) is 18.9 Å². The Balaban J connectivity index is 2.18. The van der Waals surface area contributed by atoms with Gasteiger partial charge in [-0.2, -0.15) is 0 Å². The van der Waals surface area contributed by atoms with Crippen LogP contribution in [-0.2, 0) is 14.8 Å². The van der Waals surface area contributed by atoms with Gasteiger partial charge in [0.05, 0.1) is 5.75 Å². The number of nitrogens with two attached hydrogens (primary N) is 1. The highest BCUT2D eigenvalue weighted by Gasteiger charge is 2.33. The Morgan fingerprint density at radius 2 is 2.21 bits per heavy atom. The predicted molar refractivity (Wildman–Crippen MR) is 72.4 cm³/mol. The summed E-state index contributed by atoms with van der Waals surface area (Å²) in [5, 5.41) is 5.33. The van der Waals surface area contributed by atoms with E-state index in [0.29, 0.717) is 17.5 Å². The fourth-order valence-corrected chi connectivity index (χ4v) is 3.12. The van der Waals surface area contributed by atoms with Gasteiger partial charge in [-0.3, -0.25) is 9.69 Å². The molecule has 1 aliphatic heterocycles. The van der Waals surface area contributed by atoms with Crippen LogP contribution in [-0.4, -0.2) is 31.6 Å². The summed E-state index contributed by atoms with van der Waals surface area (Å²) >= 11 is 5.92. The lowest BCUT2D eigenvalue weighted by Crippen LogP contribution is -2.28. The van der Waals surface area contributed by atoms with Crippen molar-refractivity contribution in [3.8, 4) is 0 Å². The average Bonchev–Trinajstić information content (AvgIpc) is 2.61. The van der Waals surface area contributed by atoms with E-state index in [-0.39, 0.29) is 24.0 Å². The van der Waals surface area contributed by atoms with E-state index in [1.807, 2.05) is 6.92 Å². The fraction of sp³-hybridized carbons (Fsp3) is 0.455. The Morgan fingerprint density at radius 3 is 2.79 bits per heavy atom.